The van der Waals surface area contributed by atoms with Crippen LogP contribution in [0, 0.1) is 0 Å². The van der Waals surface area contributed by atoms with Gasteiger partial charge in [-0.3, -0.25) is 5.43 Å². The van der Waals surface area contributed by atoms with Crippen molar-refractivity contribution in [3.63, 3.8) is 0 Å². The number of aromatic nitrogens is 2. The van der Waals surface area contributed by atoms with E-state index in [1.54, 1.807) is 59.6 Å². The van der Waals surface area contributed by atoms with Crippen LogP contribution in [0.25, 0.3) is 16.9 Å². The van der Waals surface area contributed by atoms with E-state index in [2.05, 4.69) is 15.6 Å². The number of carboxylic acid groups (broad SMARTS) is 2. The molecule has 1 heterocycles. The first-order valence-electron chi connectivity index (χ1n) is 9.83. The van der Waals surface area contributed by atoms with Crippen molar-refractivity contribution in [3.05, 3.63) is 99.7 Å². The highest BCUT2D eigenvalue weighted by Crippen LogP contribution is 2.26. The standard InChI is InChI=1S/C24H16Cl2N4O4/c25-18-7-10-21(20(26)11-18)28-27-12-17-13-30(19-8-5-16(6-9-19)24(33)34)29-22(17)14-1-3-15(4-2-14)23(31)32/h1-13,28H,(H,31,32)(H,33,34)/b27-12+. The summed E-state index contributed by atoms with van der Waals surface area (Å²) in [6, 6.07) is 17.5. The Kier molecular flexibility index (Phi) is 6.62. The van der Waals surface area contributed by atoms with E-state index in [1.165, 1.54) is 24.3 Å². The number of anilines is 1. The van der Waals surface area contributed by atoms with Crippen LogP contribution in [0.4, 0.5) is 5.69 Å². The molecule has 0 atom stereocenters. The van der Waals surface area contributed by atoms with E-state index in [1.807, 2.05) is 0 Å². The van der Waals surface area contributed by atoms with Crippen LogP contribution in [-0.4, -0.2) is 38.1 Å². The zero-order valence-electron chi connectivity index (χ0n) is 17.3. The molecule has 0 bridgehead atoms. The molecule has 3 N–H and O–H groups in total. The molecule has 0 unspecified atom stereocenters. The van der Waals surface area contributed by atoms with Crippen LogP contribution < -0.4 is 5.43 Å². The number of carbonyl (C=O) groups is 2. The van der Waals surface area contributed by atoms with Gasteiger partial charge >= 0.3 is 11.9 Å². The minimum absolute atomic E-state index is 0.154. The summed E-state index contributed by atoms with van der Waals surface area (Å²) >= 11 is 12.1. The Hall–Kier alpha value is -4.14. The van der Waals surface area contributed by atoms with Crippen LogP contribution in [0.1, 0.15) is 26.3 Å². The zero-order chi connectivity index (χ0) is 24.2. The molecule has 8 nitrogen and oxygen atoms in total. The van der Waals surface area contributed by atoms with Crippen LogP contribution in [-0.2, 0) is 0 Å². The quantitative estimate of drug-likeness (QED) is 0.224. The number of hydrogen-bond acceptors (Lipinski definition) is 5. The van der Waals surface area contributed by atoms with Crippen LogP contribution in [0.2, 0.25) is 10.0 Å². The fraction of sp³-hybridized carbons (Fsp3) is 0. The number of nitrogens with zero attached hydrogens (tertiary/aromatic N) is 3. The topological polar surface area (TPSA) is 117 Å². The molecule has 0 saturated carbocycles. The maximum atomic E-state index is 11.2. The molecule has 0 spiro atoms. The number of hydrogen-bond donors (Lipinski definition) is 3. The van der Waals surface area contributed by atoms with E-state index in [4.69, 9.17) is 33.4 Å². The Morgan fingerprint density at radius 2 is 1.53 bits per heavy atom. The predicted molar refractivity (Wildman–Crippen MR) is 131 cm³/mol. The van der Waals surface area contributed by atoms with Crippen LogP contribution in [0.3, 0.4) is 0 Å². The Morgan fingerprint density at radius 1 is 0.912 bits per heavy atom. The van der Waals surface area contributed by atoms with Crippen LogP contribution >= 0.6 is 23.2 Å². The second kappa shape index (κ2) is 9.78. The molecule has 0 aliphatic heterocycles. The van der Waals surface area contributed by atoms with Gasteiger partial charge in [0.2, 0.25) is 0 Å². The summed E-state index contributed by atoms with van der Waals surface area (Å²) in [5, 5.41) is 28.1. The summed E-state index contributed by atoms with van der Waals surface area (Å²) in [6.07, 6.45) is 3.28. The van der Waals surface area contributed by atoms with E-state index in [0.29, 0.717) is 38.2 Å². The number of rotatable bonds is 7. The summed E-state index contributed by atoms with van der Waals surface area (Å²) in [4.78, 5) is 22.3. The first-order chi connectivity index (χ1) is 16.3. The monoisotopic (exact) mass is 494 g/mol. The summed E-state index contributed by atoms with van der Waals surface area (Å²) in [7, 11) is 0. The van der Waals surface area contributed by atoms with Crippen molar-refractivity contribution in [2.24, 2.45) is 5.10 Å². The molecule has 0 amide bonds. The molecule has 3 aromatic carbocycles. The van der Waals surface area contributed by atoms with E-state index in [0.717, 1.165) is 0 Å². The Morgan fingerprint density at radius 3 is 2.12 bits per heavy atom. The highest BCUT2D eigenvalue weighted by atomic mass is 35.5. The van der Waals surface area contributed by atoms with E-state index >= 15 is 0 Å². The summed E-state index contributed by atoms with van der Waals surface area (Å²) in [6.45, 7) is 0. The molecule has 34 heavy (non-hydrogen) atoms. The SMILES string of the molecule is O=C(O)c1ccc(-c2nn(-c3ccc(C(=O)O)cc3)cc2/C=N/Nc2ccc(Cl)cc2Cl)cc1. The Balaban J connectivity index is 1.70. The summed E-state index contributed by atoms with van der Waals surface area (Å²) in [5.41, 5.74) is 6.23. The number of aromatic carboxylic acids is 2. The van der Waals surface area contributed by atoms with Gasteiger partial charge < -0.3 is 10.2 Å². The lowest BCUT2D eigenvalue weighted by atomic mass is 10.1. The fourth-order valence-corrected chi connectivity index (χ4v) is 3.57. The number of benzene rings is 3. The third-order valence-electron chi connectivity index (χ3n) is 4.85. The molecule has 170 valence electrons. The van der Waals surface area contributed by atoms with Gasteiger partial charge in [-0.05, 0) is 54.6 Å². The number of halogens is 2. The van der Waals surface area contributed by atoms with Gasteiger partial charge in [-0.2, -0.15) is 10.2 Å². The first kappa shape index (κ1) is 23.0. The number of carboxylic acids is 2. The highest BCUT2D eigenvalue weighted by Gasteiger charge is 2.13. The van der Waals surface area contributed by atoms with Crippen molar-refractivity contribution >= 4 is 47.0 Å². The Bertz CT molecular complexity index is 1400. The van der Waals surface area contributed by atoms with E-state index < -0.39 is 11.9 Å². The minimum atomic E-state index is -1.03. The van der Waals surface area contributed by atoms with Gasteiger partial charge in [0, 0.05) is 22.3 Å². The van der Waals surface area contributed by atoms with Crippen molar-refractivity contribution < 1.29 is 19.8 Å². The van der Waals surface area contributed by atoms with Gasteiger partial charge in [-0.1, -0.05) is 35.3 Å². The van der Waals surface area contributed by atoms with E-state index in [-0.39, 0.29) is 11.1 Å². The van der Waals surface area contributed by atoms with Gasteiger partial charge in [-0.15, -0.1) is 0 Å². The largest absolute Gasteiger partial charge is 0.478 e. The predicted octanol–water partition coefficient (Wildman–Crippen LogP) is 5.69. The molecule has 0 aliphatic carbocycles. The molecule has 0 aliphatic rings. The number of nitrogens with one attached hydrogen (secondary N) is 1. The van der Waals surface area contributed by atoms with Crippen LogP contribution in [0.15, 0.2) is 78.0 Å². The second-order valence-corrected chi connectivity index (χ2v) is 7.95. The van der Waals surface area contributed by atoms with Gasteiger partial charge in [0.15, 0.2) is 0 Å². The molecule has 4 aromatic rings. The summed E-state index contributed by atoms with van der Waals surface area (Å²) < 4.78 is 1.59. The second-order valence-electron chi connectivity index (χ2n) is 7.11. The van der Waals surface area contributed by atoms with Crippen molar-refractivity contribution in [2.75, 3.05) is 5.43 Å². The van der Waals surface area contributed by atoms with Gasteiger partial charge in [0.1, 0.15) is 5.69 Å². The normalized spacial score (nSPS) is 11.0. The smallest absolute Gasteiger partial charge is 0.335 e. The fourth-order valence-electron chi connectivity index (χ4n) is 3.12. The summed E-state index contributed by atoms with van der Waals surface area (Å²) in [5.74, 6) is -2.05. The van der Waals surface area contributed by atoms with Crippen molar-refractivity contribution in [2.45, 2.75) is 0 Å². The number of hydrazone groups is 1. The third-order valence-corrected chi connectivity index (χ3v) is 5.39. The molecule has 10 heteroatoms. The maximum Gasteiger partial charge on any atom is 0.335 e. The van der Waals surface area contributed by atoms with Gasteiger partial charge in [0.25, 0.3) is 0 Å². The molecule has 1 aromatic heterocycles. The highest BCUT2D eigenvalue weighted by molar-refractivity contribution is 6.36. The molecule has 0 radical (unpaired) electrons. The lowest BCUT2D eigenvalue weighted by Crippen LogP contribution is -1.99. The van der Waals surface area contributed by atoms with E-state index in [9.17, 15) is 9.59 Å². The molecular formula is C24H16Cl2N4O4. The van der Waals surface area contributed by atoms with Crippen molar-refractivity contribution in [3.8, 4) is 16.9 Å². The molecule has 0 saturated heterocycles. The first-order valence-corrected chi connectivity index (χ1v) is 10.6. The van der Waals surface area contributed by atoms with Crippen molar-refractivity contribution in [1.29, 1.82) is 0 Å². The van der Waals surface area contributed by atoms with Crippen LogP contribution in [0.5, 0.6) is 0 Å². The molecular weight excluding hydrogens is 479 g/mol. The van der Waals surface area contributed by atoms with Gasteiger partial charge in [0.05, 0.1) is 33.7 Å². The van der Waals surface area contributed by atoms with Gasteiger partial charge in [-0.25, -0.2) is 14.3 Å². The lowest BCUT2D eigenvalue weighted by molar-refractivity contribution is 0.0686. The Labute approximate surface area is 203 Å². The lowest BCUT2D eigenvalue weighted by Gasteiger charge is -2.03. The average molecular weight is 495 g/mol. The molecule has 0 fully saturated rings. The zero-order valence-corrected chi connectivity index (χ0v) is 18.8. The minimum Gasteiger partial charge on any atom is -0.478 e. The third kappa shape index (κ3) is 5.09. The van der Waals surface area contributed by atoms with Crippen molar-refractivity contribution in [1.82, 2.24) is 9.78 Å². The maximum absolute atomic E-state index is 11.2. The average Bonchev–Trinajstić information content (AvgIpc) is 3.24. The molecule has 4 rings (SSSR count).